The first-order valence-electron chi connectivity index (χ1n) is 7.33. The van der Waals surface area contributed by atoms with Crippen molar-refractivity contribution < 1.29 is 17.6 Å². The number of alkyl halides is 1. The van der Waals surface area contributed by atoms with E-state index in [2.05, 4.69) is 5.32 Å². The smallest absolute Gasteiger partial charge is 0.237 e. The van der Waals surface area contributed by atoms with Crippen LogP contribution in [0, 0.1) is 11.3 Å². The standard InChI is InChI=1S/C13H21FN4O3S/c1-22(20,21)17-4-2-11(3-5-17)16-8-13(19)18-9-10(14)6-12(18)7-15/h10-12,16H,2-6,8-9H2,1H3. The molecule has 0 aromatic rings. The van der Waals surface area contributed by atoms with Crippen LogP contribution in [0.5, 0.6) is 0 Å². The molecule has 124 valence electrons. The lowest BCUT2D eigenvalue weighted by molar-refractivity contribution is -0.130. The SMILES string of the molecule is CS(=O)(=O)N1CCC(NCC(=O)N2CC(F)CC2C#N)CC1. The normalized spacial score (nSPS) is 27.8. The summed E-state index contributed by atoms with van der Waals surface area (Å²) < 4.78 is 37.5. The molecule has 0 saturated carbocycles. The van der Waals surface area contributed by atoms with Gasteiger partial charge in [0, 0.05) is 25.6 Å². The lowest BCUT2D eigenvalue weighted by atomic mass is 10.1. The number of sulfonamides is 1. The fraction of sp³-hybridized carbons (Fsp3) is 0.846. The second kappa shape index (κ2) is 6.89. The molecular formula is C13H21FN4O3S. The van der Waals surface area contributed by atoms with Crippen molar-refractivity contribution in [3.63, 3.8) is 0 Å². The maximum atomic E-state index is 13.3. The highest BCUT2D eigenvalue weighted by molar-refractivity contribution is 7.88. The Morgan fingerprint density at radius 1 is 1.41 bits per heavy atom. The van der Waals surface area contributed by atoms with Crippen LogP contribution in [0.1, 0.15) is 19.3 Å². The summed E-state index contributed by atoms with van der Waals surface area (Å²) in [5.41, 5.74) is 0. The number of hydrogen-bond donors (Lipinski definition) is 1. The zero-order chi connectivity index (χ0) is 16.3. The summed E-state index contributed by atoms with van der Waals surface area (Å²) in [5.74, 6) is -0.280. The lowest BCUT2D eigenvalue weighted by Gasteiger charge is -2.31. The Morgan fingerprint density at radius 3 is 2.59 bits per heavy atom. The topological polar surface area (TPSA) is 93.5 Å². The van der Waals surface area contributed by atoms with Gasteiger partial charge in [0.1, 0.15) is 12.2 Å². The number of halogens is 1. The van der Waals surface area contributed by atoms with Gasteiger partial charge in [-0.05, 0) is 12.8 Å². The van der Waals surface area contributed by atoms with Crippen LogP contribution in [0.25, 0.3) is 0 Å². The third-order valence-electron chi connectivity index (χ3n) is 4.18. The first-order chi connectivity index (χ1) is 10.3. The van der Waals surface area contributed by atoms with Crippen LogP contribution in [-0.2, 0) is 14.8 Å². The Morgan fingerprint density at radius 2 is 2.05 bits per heavy atom. The van der Waals surface area contributed by atoms with Gasteiger partial charge in [-0.15, -0.1) is 0 Å². The molecule has 2 aliphatic heterocycles. The third kappa shape index (κ3) is 4.15. The molecule has 0 radical (unpaired) electrons. The second-order valence-electron chi connectivity index (χ2n) is 5.84. The Bertz CT molecular complexity index is 554. The zero-order valence-corrected chi connectivity index (χ0v) is 13.4. The van der Waals surface area contributed by atoms with Crippen molar-refractivity contribution in [2.75, 3.05) is 32.4 Å². The molecule has 2 rings (SSSR count). The molecule has 0 bridgehead atoms. The first kappa shape index (κ1) is 17.1. The fourth-order valence-corrected chi connectivity index (χ4v) is 3.78. The fourth-order valence-electron chi connectivity index (χ4n) is 2.91. The van der Waals surface area contributed by atoms with Crippen molar-refractivity contribution in [2.24, 2.45) is 0 Å². The van der Waals surface area contributed by atoms with E-state index in [0.717, 1.165) is 0 Å². The molecule has 2 heterocycles. The summed E-state index contributed by atoms with van der Waals surface area (Å²) in [6, 6.07) is 1.33. The lowest BCUT2D eigenvalue weighted by Crippen LogP contribution is -2.48. The minimum atomic E-state index is -3.16. The van der Waals surface area contributed by atoms with Gasteiger partial charge in [-0.1, -0.05) is 0 Å². The molecule has 1 amide bonds. The summed E-state index contributed by atoms with van der Waals surface area (Å²) in [6.07, 6.45) is 1.40. The number of carbonyl (C=O) groups excluding carboxylic acids is 1. The van der Waals surface area contributed by atoms with Crippen molar-refractivity contribution >= 4 is 15.9 Å². The van der Waals surface area contributed by atoms with Crippen molar-refractivity contribution in [2.45, 2.75) is 37.5 Å². The molecule has 0 aliphatic carbocycles. The van der Waals surface area contributed by atoms with Crippen LogP contribution in [0.3, 0.4) is 0 Å². The predicted molar refractivity (Wildman–Crippen MR) is 78.1 cm³/mol. The molecule has 2 unspecified atom stereocenters. The quantitative estimate of drug-likeness (QED) is 0.746. The van der Waals surface area contributed by atoms with E-state index in [9.17, 15) is 17.6 Å². The van der Waals surface area contributed by atoms with E-state index in [-0.39, 0.29) is 31.5 Å². The molecule has 22 heavy (non-hydrogen) atoms. The van der Waals surface area contributed by atoms with Gasteiger partial charge in [-0.25, -0.2) is 17.1 Å². The van der Waals surface area contributed by atoms with Crippen molar-refractivity contribution in [1.29, 1.82) is 5.26 Å². The first-order valence-corrected chi connectivity index (χ1v) is 9.17. The van der Waals surface area contributed by atoms with Gasteiger partial charge < -0.3 is 10.2 Å². The maximum absolute atomic E-state index is 13.3. The molecule has 7 nitrogen and oxygen atoms in total. The monoisotopic (exact) mass is 332 g/mol. The van der Waals surface area contributed by atoms with E-state index in [0.29, 0.717) is 25.9 Å². The summed E-state index contributed by atoms with van der Waals surface area (Å²) in [4.78, 5) is 13.3. The van der Waals surface area contributed by atoms with Crippen molar-refractivity contribution in [1.82, 2.24) is 14.5 Å². The Kier molecular flexibility index (Phi) is 5.36. The predicted octanol–water partition coefficient (Wildman–Crippen LogP) is -0.537. The molecule has 2 atom stereocenters. The number of nitrogens with one attached hydrogen (secondary N) is 1. The van der Waals surface area contributed by atoms with Crippen LogP contribution < -0.4 is 5.32 Å². The van der Waals surface area contributed by atoms with Gasteiger partial charge >= 0.3 is 0 Å². The van der Waals surface area contributed by atoms with Gasteiger partial charge in [0.05, 0.1) is 25.4 Å². The second-order valence-corrected chi connectivity index (χ2v) is 7.82. The van der Waals surface area contributed by atoms with E-state index >= 15 is 0 Å². The maximum Gasteiger partial charge on any atom is 0.237 e. The van der Waals surface area contributed by atoms with Gasteiger partial charge in [0.25, 0.3) is 0 Å². The van der Waals surface area contributed by atoms with Gasteiger partial charge in [0.15, 0.2) is 0 Å². The van der Waals surface area contributed by atoms with Crippen LogP contribution in [0.15, 0.2) is 0 Å². The van der Waals surface area contributed by atoms with Crippen molar-refractivity contribution in [3.8, 4) is 6.07 Å². The largest absolute Gasteiger partial charge is 0.323 e. The molecular weight excluding hydrogens is 311 g/mol. The van der Waals surface area contributed by atoms with E-state index in [1.165, 1.54) is 15.5 Å². The van der Waals surface area contributed by atoms with Gasteiger partial charge in [-0.3, -0.25) is 4.79 Å². The minimum Gasteiger partial charge on any atom is -0.323 e. The highest BCUT2D eigenvalue weighted by atomic mass is 32.2. The molecule has 0 aromatic heterocycles. The number of amides is 1. The van der Waals surface area contributed by atoms with Gasteiger partial charge in [-0.2, -0.15) is 5.26 Å². The molecule has 1 N–H and O–H groups in total. The van der Waals surface area contributed by atoms with Gasteiger partial charge in [0.2, 0.25) is 15.9 Å². The highest BCUT2D eigenvalue weighted by Crippen LogP contribution is 2.20. The van der Waals surface area contributed by atoms with Crippen LogP contribution in [-0.4, -0.2) is 74.2 Å². The Hall–Kier alpha value is -1.24. The number of hydrogen-bond acceptors (Lipinski definition) is 5. The molecule has 2 fully saturated rings. The summed E-state index contributed by atoms with van der Waals surface area (Å²) in [5, 5.41) is 12.0. The molecule has 2 aliphatic rings. The molecule has 0 spiro atoms. The van der Waals surface area contributed by atoms with E-state index in [4.69, 9.17) is 5.26 Å². The average molecular weight is 332 g/mol. The Balaban J connectivity index is 1.77. The number of likely N-dealkylation sites (tertiary alicyclic amines) is 1. The zero-order valence-electron chi connectivity index (χ0n) is 12.5. The summed E-state index contributed by atoms with van der Waals surface area (Å²) in [6.45, 7) is 0.892. The van der Waals surface area contributed by atoms with Crippen LogP contribution >= 0.6 is 0 Å². The van der Waals surface area contributed by atoms with Crippen LogP contribution in [0.2, 0.25) is 0 Å². The highest BCUT2D eigenvalue weighted by Gasteiger charge is 2.35. The Labute approximate surface area is 130 Å². The van der Waals surface area contributed by atoms with Crippen molar-refractivity contribution in [3.05, 3.63) is 0 Å². The molecule has 0 aromatic carbocycles. The van der Waals surface area contributed by atoms with Crippen LogP contribution in [0.4, 0.5) is 4.39 Å². The third-order valence-corrected chi connectivity index (χ3v) is 5.49. The number of carbonyl (C=O) groups is 1. The number of nitriles is 1. The molecule has 2 saturated heterocycles. The van der Waals surface area contributed by atoms with E-state index in [1.54, 1.807) is 0 Å². The number of nitrogens with zero attached hydrogens (tertiary/aromatic N) is 3. The molecule has 9 heteroatoms. The summed E-state index contributed by atoms with van der Waals surface area (Å²) in [7, 11) is -3.16. The average Bonchev–Trinajstić information content (AvgIpc) is 2.85. The van der Waals surface area contributed by atoms with E-state index in [1.807, 2.05) is 6.07 Å². The van der Waals surface area contributed by atoms with E-state index < -0.39 is 22.2 Å². The number of rotatable bonds is 4. The minimum absolute atomic E-state index is 0.0226. The number of piperidine rings is 1. The summed E-state index contributed by atoms with van der Waals surface area (Å²) >= 11 is 0.